The predicted octanol–water partition coefficient (Wildman–Crippen LogP) is 5.50. The number of amides is 1. The van der Waals surface area contributed by atoms with Crippen LogP contribution in [0.1, 0.15) is 60.0 Å². The van der Waals surface area contributed by atoms with Gasteiger partial charge >= 0.3 is 0 Å². The summed E-state index contributed by atoms with van der Waals surface area (Å²) < 4.78 is 19.2. The molecule has 0 unspecified atom stereocenters. The molecule has 0 atom stereocenters. The molecule has 1 fully saturated rings. The van der Waals surface area contributed by atoms with Gasteiger partial charge in [0.25, 0.3) is 5.91 Å². The maximum absolute atomic E-state index is 13.4. The molecule has 1 aliphatic carbocycles. The van der Waals surface area contributed by atoms with E-state index in [4.69, 9.17) is 14.2 Å². The van der Waals surface area contributed by atoms with E-state index in [1.54, 1.807) is 10.8 Å². The van der Waals surface area contributed by atoms with Crippen molar-refractivity contribution in [3.8, 4) is 6.07 Å². The molecule has 0 radical (unpaired) electrons. The highest BCUT2D eigenvalue weighted by atomic mass is 28.3. The number of imidazole rings is 1. The summed E-state index contributed by atoms with van der Waals surface area (Å²) in [5.74, 6) is -1.02. The number of allylic oxidation sites excluding steroid dienone is 2. The number of carbonyl (C=O) groups is 1. The van der Waals surface area contributed by atoms with E-state index in [1.807, 2.05) is 25.1 Å². The molecule has 8 nitrogen and oxygen atoms in total. The van der Waals surface area contributed by atoms with Crippen LogP contribution in [0.2, 0.25) is 25.7 Å². The van der Waals surface area contributed by atoms with E-state index in [0.717, 1.165) is 36.4 Å². The Morgan fingerprint density at radius 2 is 2.06 bits per heavy atom. The van der Waals surface area contributed by atoms with Gasteiger partial charge in [0.1, 0.15) is 12.8 Å². The molecule has 1 aromatic carbocycles. The Morgan fingerprint density at radius 3 is 2.72 bits per heavy atom. The molecule has 0 saturated carbocycles. The van der Waals surface area contributed by atoms with Crippen molar-refractivity contribution in [2.45, 2.75) is 70.8 Å². The molecule has 1 aliphatic heterocycles. The SMILES string of the molecule is CC1(c2ccc(NC(=O)c3nc(C#N)cn3COCC[Si](C)(C)C)c(C3=CCCCC3)c2)OCCO1. The molecule has 0 spiro atoms. The molecule has 36 heavy (non-hydrogen) atoms. The lowest BCUT2D eigenvalue weighted by molar-refractivity contribution is -0.149. The quantitative estimate of drug-likeness (QED) is 0.355. The van der Waals surface area contributed by atoms with Gasteiger partial charge in [0.05, 0.1) is 13.2 Å². The van der Waals surface area contributed by atoms with Gasteiger partial charge in [0.2, 0.25) is 5.82 Å². The third kappa shape index (κ3) is 6.31. The number of benzene rings is 1. The van der Waals surface area contributed by atoms with Crippen molar-refractivity contribution < 1.29 is 19.0 Å². The number of ether oxygens (including phenoxy) is 3. The summed E-state index contributed by atoms with van der Waals surface area (Å²) in [4.78, 5) is 17.6. The Kier molecular flexibility index (Phi) is 8.10. The van der Waals surface area contributed by atoms with Crippen LogP contribution in [0.4, 0.5) is 5.69 Å². The number of anilines is 1. The number of rotatable bonds is 9. The van der Waals surface area contributed by atoms with E-state index in [-0.39, 0.29) is 24.2 Å². The van der Waals surface area contributed by atoms with Crippen LogP contribution in [-0.2, 0) is 26.7 Å². The van der Waals surface area contributed by atoms with Gasteiger partial charge in [-0.25, -0.2) is 4.98 Å². The van der Waals surface area contributed by atoms with Crippen molar-refractivity contribution in [3.05, 3.63) is 53.1 Å². The van der Waals surface area contributed by atoms with Crippen LogP contribution in [-0.4, -0.2) is 43.4 Å². The van der Waals surface area contributed by atoms with E-state index in [1.165, 1.54) is 12.0 Å². The van der Waals surface area contributed by atoms with Crippen molar-refractivity contribution in [1.29, 1.82) is 5.26 Å². The molecule has 192 valence electrons. The Morgan fingerprint density at radius 1 is 1.28 bits per heavy atom. The highest BCUT2D eigenvalue weighted by molar-refractivity contribution is 6.76. The maximum Gasteiger partial charge on any atom is 0.291 e. The molecule has 2 aromatic rings. The molecule has 1 aromatic heterocycles. The van der Waals surface area contributed by atoms with E-state index < -0.39 is 13.9 Å². The van der Waals surface area contributed by atoms with Crippen molar-refractivity contribution in [1.82, 2.24) is 9.55 Å². The third-order valence-corrected chi connectivity index (χ3v) is 8.29. The van der Waals surface area contributed by atoms with Gasteiger partial charge in [-0.1, -0.05) is 31.8 Å². The van der Waals surface area contributed by atoms with E-state index in [0.29, 0.717) is 25.5 Å². The summed E-state index contributed by atoms with van der Waals surface area (Å²) in [7, 11) is -1.23. The second kappa shape index (κ2) is 11.1. The first-order valence-corrected chi connectivity index (χ1v) is 16.4. The molecular formula is C27H36N4O4Si. The van der Waals surface area contributed by atoms with Crippen molar-refractivity contribution >= 4 is 25.2 Å². The minimum absolute atomic E-state index is 0.154. The fraction of sp³-hybridized carbons (Fsp3) is 0.519. The van der Waals surface area contributed by atoms with Gasteiger partial charge in [0, 0.05) is 37.7 Å². The Bertz CT molecular complexity index is 1170. The average Bonchev–Trinajstić information content (AvgIpc) is 3.49. The first-order chi connectivity index (χ1) is 17.2. The van der Waals surface area contributed by atoms with Crippen molar-refractivity contribution in [2.24, 2.45) is 0 Å². The number of nitrogens with one attached hydrogen (secondary N) is 1. The largest absolute Gasteiger partial charge is 0.361 e. The fourth-order valence-corrected chi connectivity index (χ4v) is 5.19. The second-order valence-electron chi connectivity index (χ2n) is 10.7. The fourth-order valence-electron chi connectivity index (χ4n) is 4.43. The minimum Gasteiger partial charge on any atom is -0.361 e. The number of carbonyl (C=O) groups excluding carboxylic acids is 1. The third-order valence-electron chi connectivity index (χ3n) is 6.59. The zero-order valence-corrected chi connectivity index (χ0v) is 22.7. The van der Waals surface area contributed by atoms with Crippen molar-refractivity contribution in [3.63, 3.8) is 0 Å². The lowest BCUT2D eigenvalue weighted by Gasteiger charge is -2.25. The van der Waals surface area contributed by atoms with Crippen LogP contribution < -0.4 is 5.32 Å². The highest BCUT2D eigenvalue weighted by Crippen LogP contribution is 2.37. The zero-order chi connectivity index (χ0) is 25.8. The normalized spacial score (nSPS) is 17.5. The molecule has 2 heterocycles. The van der Waals surface area contributed by atoms with Crippen LogP contribution in [0.5, 0.6) is 0 Å². The van der Waals surface area contributed by atoms with E-state index in [9.17, 15) is 10.1 Å². The summed E-state index contributed by atoms with van der Waals surface area (Å²) in [6, 6.07) is 8.94. The maximum atomic E-state index is 13.4. The van der Waals surface area contributed by atoms with Gasteiger partial charge in [-0.2, -0.15) is 5.26 Å². The van der Waals surface area contributed by atoms with E-state index >= 15 is 0 Å². The molecule has 1 saturated heterocycles. The summed E-state index contributed by atoms with van der Waals surface area (Å²) in [6.07, 6.45) is 8.05. The Balaban J connectivity index is 1.58. The minimum atomic E-state index is -1.23. The standard InChI is InChI=1S/C27H36N4O4Si/c1-27(34-12-13-35-27)21-10-11-24(23(16-21)20-8-6-5-7-9-20)30-26(32)25-29-22(17-28)18-31(25)19-33-14-15-36(2,3)4/h8,10-11,16,18H,5-7,9,12-15,19H2,1-4H3,(H,30,32). The molecule has 0 bridgehead atoms. The van der Waals surface area contributed by atoms with E-state index in [2.05, 4.69) is 42.1 Å². The van der Waals surface area contributed by atoms with Gasteiger partial charge in [-0.15, -0.1) is 0 Å². The molecule has 4 rings (SSSR count). The lowest BCUT2D eigenvalue weighted by Crippen LogP contribution is -2.24. The van der Waals surface area contributed by atoms with Crippen molar-refractivity contribution in [2.75, 3.05) is 25.1 Å². The molecule has 1 N–H and O–H groups in total. The van der Waals surface area contributed by atoms with Crippen LogP contribution in [0.25, 0.3) is 5.57 Å². The number of nitrogens with zero attached hydrogens (tertiary/aromatic N) is 3. The lowest BCUT2D eigenvalue weighted by atomic mass is 9.90. The van der Waals surface area contributed by atoms with Gasteiger partial charge in [-0.05, 0) is 56.4 Å². The second-order valence-corrected chi connectivity index (χ2v) is 16.3. The van der Waals surface area contributed by atoms with Crippen LogP contribution in [0.3, 0.4) is 0 Å². The number of aromatic nitrogens is 2. The van der Waals surface area contributed by atoms with Crippen LogP contribution >= 0.6 is 0 Å². The molecule has 1 amide bonds. The molecule has 2 aliphatic rings. The van der Waals surface area contributed by atoms with Gasteiger partial charge in [-0.3, -0.25) is 4.79 Å². The first-order valence-electron chi connectivity index (χ1n) is 12.7. The summed E-state index contributed by atoms with van der Waals surface area (Å²) >= 11 is 0. The van der Waals surface area contributed by atoms with Crippen LogP contribution in [0, 0.1) is 11.3 Å². The van der Waals surface area contributed by atoms with Gasteiger partial charge in [0.15, 0.2) is 11.5 Å². The average molecular weight is 509 g/mol. The summed E-state index contributed by atoms with van der Waals surface area (Å²) in [5, 5.41) is 12.4. The first kappa shape index (κ1) is 26.3. The van der Waals surface area contributed by atoms with Gasteiger partial charge < -0.3 is 24.1 Å². The topological polar surface area (TPSA) is 98.4 Å². The van der Waals surface area contributed by atoms with Crippen LogP contribution in [0.15, 0.2) is 30.5 Å². The number of nitriles is 1. The smallest absolute Gasteiger partial charge is 0.291 e. The zero-order valence-electron chi connectivity index (χ0n) is 21.7. The number of hydrogen-bond donors (Lipinski definition) is 1. The monoisotopic (exact) mass is 508 g/mol. The Labute approximate surface area is 214 Å². The molecule has 9 heteroatoms. The Hall–Kier alpha value is -2.77. The highest BCUT2D eigenvalue weighted by Gasteiger charge is 2.34. The summed E-state index contributed by atoms with van der Waals surface area (Å²) in [6.45, 7) is 10.7. The number of hydrogen-bond acceptors (Lipinski definition) is 6. The molecular weight excluding hydrogens is 472 g/mol. The summed E-state index contributed by atoms with van der Waals surface area (Å²) in [5.41, 5.74) is 3.97. The predicted molar refractivity (Wildman–Crippen MR) is 141 cm³/mol.